The van der Waals surface area contributed by atoms with Crippen molar-refractivity contribution in [3.05, 3.63) is 70.8 Å². The van der Waals surface area contributed by atoms with E-state index in [1.807, 2.05) is 24.3 Å². The Morgan fingerprint density at radius 3 is 0.933 bits per heavy atom. The van der Waals surface area contributed by atoms with Gasteiger partial charge in [0.15, 0.2) is 0 Å². The number of methoxy groups -OCH3 is 4. The van der Waals surface area contributed by atoms with Crippen molar-refractivity contribution in [3.63, 3.8) is 0 Å². The van der Waals surface area contributed by atoms with Gasteiger partial charge in [-0.2, -0.15) is 0 Å². The number of carbonyl (C=O) groups excluding carboxylic acids is 8. The molecule has 2 aliphatic heterocycles. The first-order chi connectivity index (χ1) is 28.9. The van der Waals surface area contributed by atoms with Crippen molar-refractivity contribution < 1.29 is 57.3 Å². The number of benzene rings is 5. The van der Waals surface area contributed by atoms with E-state index in [-0.39, 0.29) is 39.3 Å². The predicted molar refractivity (Wildman–Crippen MR) is 218 cm³/mol. The molecule has 0 aromatic heterocycles. The largest absolute Gasteiger partial charge is 0.468 e. The molecular formula is C44H44N4O12. The average Bonchev–Trinajstić information content (AvgIpc) is 3.25. The molecule has 4 amide bonds. The molecule has 0 saturated heterocycles. The monoisotopic (exact) mass is 820 g/mol. The summed E-state index contributed by atoms with van der Waals surface area (Å²) in [5.74, 6) is -3.73. The van der Waals surface area contributed by atoms with Crippen molar-refractivity contribution in [1.82, 2.24) is 19.6 Å². The fourth-order valence-electron chi connectivity index (χ4n) is 8.40. The van der Waals surface area contributed by atoms with Crippen LogP contribution in [0, 0.1) is 0 Å². The lowest BCUT2D eigenvalue weighted by Gasteiger charge is -2.30. The molecular weight excluding hydrogens is 777 g/mol. The van der Waals surface area contributed by atoms with Gasteiger partial charge < -0.3 is 18.9 Å². The summed E-state index contributed by atoms with van der Waals surface area (Å²) in [5, 5.41) is 5.69. The zero-order valence-corrected chi connectivity index (χ0v) is 33.8. The number of amides is 4. The number of fused-ring (bicyclic) bond motifs is 2. The van der Waals surface area contributed by atoms with E-state index in [9.17, 15) is 38.4 Å². The number of ether oxygens (including phenoxy) is 4. The molecule has 16 heteroatoms. The second kappa shape index (κ2) is 17.4. The Labute approximate surface area is 344 Å². The van der Waals surface area contributed by atoms with E-state index in [0.717, 1.165) is 32.3 Å². The van der Waals surface area contributed by atoms with Crippen LogP contribution in [0.4, 0.5) is 0 Å². The topological polar surface area (TPSA) is 186 Å². The van der Waals surface area contributed by atoms with E-state index in [0.29, 0.717) is 71.8 Å². The highest BCUT2D eigenvalue weighted by Gasteiger charge is 2.37. The van der Waals surface area contributed by atoms with Gasteiger partial charge in [0.1, 0.15) is 0 Å². The van der Waals surface area contributed by atoms with Crippen molar-refractivity contribution in [2.75, 3.05) is 80.8 Å². The molecule has 0 fully saturated rings. The summed E-state index contributed by atoms with van der Waals surface area (Å²) >= 11 is 0. The summed E-state index contributed by atoms with van der Waals surface area (Å²) in [6.07, 6.45) is 1.81. The maximum atomic E-state index is 14.0. The van der Waals surface area contributed by atoms with Crippen LogP contribution in [0.15, 0.2) is 48.5 Å². The zero-order valence-electron chi connectivity index (χ0n) is 33.8. The zero-order chi connectivity index (χ0) is 42.8. The lowest BCUT2D eigenvalue weighted by Crippen LogP contribution is -2.41. The Morgan fingerprint density at radius 1 is 0.417 bits per heavy atom. The van der Waals surface area contributed by atoms with Crippen LogP contribution in [0.3, 0.4) is 0 Å². The predicted octanol–water partition coefficient (Wildman–Crippen LogP) is 3.79. The van der Waals surface area contributed by atoms with E-state index >= 15 is 0 Å². The smallest absolute Gasteiger partial charge is 0.319 e. The number of nitrogens with zero attached hydrogens (tertiary/aromatic N) is 4. The molecule has 0 atom stereocenters. The minimum absolute atomic E-state index is 0.111. The van der Waals surface area contributed by atoms with Crippen LogP contribution < -0.4 is 0 Å². The second-order valence-corrected chi connectivity index (χ2v) is 14.8. The number of esters is 4. The van der Waals surface area contributed by atoms with E-state index in [2.05, 4.69) is 0 Å². The standard InChI is InChI=1S/C44H44N4O12/c1-57-33(49)21-45(22-34(50)58-2)17-5-7-19-47-41(53)29-13-9-25-27-11-15-31-40-32(16-12-28(38(27)40)26-10-14-30(42(47)54)39(29)37(25)26)44(56)48(43(31)55)20-8-6-18-46(23-35(51)59-3)24-36(52)60-4/h9-16H,5-8,17-24H2,1-4H3. The number of unbranched alkanes of at least 4 members (excludes halogenated alkanes) is 2. The Hall–Kier alpha value is -6.52. The fraction of sp³-hybridized carbons (Fsp3) is 0.364. The lowest BCUT2D eigenvalue weighted by atomic mass is 9.82. The van der Waals surface area contributed by atoms with Crippen molar-refractivity contribution in [1.29, 1.82) is 0 Å². The lowest BCUT2D eigenvalue weighted by molar-refractivity contribution is -0.147. The van der Waals surface area contributed by atoms with Gasteiger partial charge in [0.25, 0.3) is 23.6 Å². The maximum absolute atomic E-state index is 14.0. The van der Waals surface area contributed by atoms with Crippen LogP contribution in [0.2, 0.25) is 0 Å². The highest BCUT2D eigenvalue weighted by Crippen LogP contribution is 2.46. The number of imide groups is 2. The number of rotatable bonds is 18. The van der Waals surface area contributed by atoms with E-state index < -0.39 is 47.5 Å². The van der Waals surface area contributed by atoms with E-state index in [4.69, 9.17) is 18.9 Å². The molecule has 0 N–H and O–H groups in total. The summed E-state index contributed by atoms with van der Waals surface area (Å²) in [5.41, 5.74) is 1.54. The highest BCUT2D eigenvalue weighted by atomic mass is 16.5. The van der Waals surface area contributed by atoms with Crippen molar-refractivity contribution in [3.8, 4) is 0 Å². The molecule has 5 aromatic carbocycles. The summed E-state index contributed by atoms with van der Waals surface area (Å²) < 4.78 is 19.0. The van der Waals surface area contributed by atoms with Crippen LogP contribution in [0.5, 0.6) is 0 Å². The van der Waals surface area contributed by atoms with E-state index in [1.54, 1.807) is 34.1 Å². The Balaban J connectivity index is 1.13. The van der Waals surface area contributed by atoms with Gasteiger partial charge in [-0.05, 0) is 95.4 Å². The van der Waals surface area contributed by atoms with Crippen molar-refractivity contribution in [2.24, 2.45) is 0 Å². The first-order valence-corrected chi connectivity index (χ1v) is 19.6. The van der Waals surface area contributed by atoms with Gasteiger partial charge >= 0.3 is 23.9 Å². The van der Waals surface area contributed by atoms with Crippen LogP contribution >= 0.6 is 0 Å². The van der Waals surface area contributed by atoms with Gasteiger partial charge in [0, 0.05) is 46.1 Å². The molecule has 0 unspecified atom stereocenters. The molecule has 312 valence electrons. The molecule has 0 bridgehead atoms. The molecule has 0 aliphatic carbocycles. The molecule has 2 aliphatic rings. The Bertz CT molecular complexity index is 2270. The quantitative estimate of drug-likeness (QED) is 0.0310. The molecule has 2 heterocycles. The van der Waals surface area contributed by atoms with Crippen LogP contribution in [-0.2, 0) is 38.1 Å². The number of hydrogen-bond acceptors (Lipinski definition) is 14. The molecule has 0 spiro atoms. The summed E-state index contributed by atoms with van der Waals surface area (Å²) in [7, 11) is 5.05. The van der Waals surface area contributed by atoms with Gasteiger partial charge in [-0.1, -0.05) is 24.3 Å². The third kappa shape index (κ3) is 7.59. The minimum Gasteiger partial charge on any atom is -0.468 e. The Kier molecular flexibility index (Phi) is 12.1. The molecule has 16 nitrogen and oxygen atoms in total. The molecule has 7 rings (SSSR count). The molecule has 0 saturated carbocycles. The van der Waals surface area contributed by atoms with Gasteiger partial charge in [0.2, 0.25) is 0 Å². The van der Waals surface area contributed by atoms with Gasteiger partial charge in [-0.25, -0.2) is 0 Å². The average molecular weight is 821 g/mol. The van der Waals surface area contributed by atoms with Crippen LogP contribution in [0.25, 0.3) is 43.1 Å². The summed E-state index contributed by atoms with van der Waals surface area (Å²) in [6, 6.07) is 14.3. The third-order valence-corrected chi connectivity index (χ3v) is 11.3. The van der Waals surface area contributed by atoms with Crippen molar-refractivity contribution >= 4 is 90.6 Å². The normalized spacial score (nSPS) is 13.8. The van der Waals surface area contributed by atoms with Crippen LogP contribution in [-0.4, -0.2) is 148 Å². The third-order valence-electron chi connectivity index (χ3n) is 11.3. The SMILES string of the molecule is COC(=O)CN(CCCCN1C(=O)c2ccc3c4ccc5c6c(ccc(c7ccc(c2c37)C1=O)c64)C(=O)N(CCCCN(CC(=O)OC)CC(=O)OC)C5=O)CC(=O)OC. The van der Waals surface area contributed by atoms with Crippen LogP contribution in [0.1, 0.15) is 67.1 Å². The first kappa shape index (κ1) is 41.6. The summed E-state index contributed by atoms with van der Waals surface area (Å²) in [4.78, 5) is 109. The van der Waals surface area contributed by atoms with Gasteiger partial charge in [-0.15, -0.1) is 0 Å². The Morgan fingerprint density at radius 2 is 0.683 bits per heavy atom. The van der Waals surface area contributed by atoms with Crippen molar-refractivity contribution in [2.45, 2.75) is 25.7 Å². The molecule has 60 heavy (non-hydrogen) atoms. The number of hydrogen-bond donors (Lipinski definition) is 0. The first-order valence-electron chi connectivity index (χ1n) is 19.6. The van der Waals surface area contributed by atoms with E-state index in [1.165, 1.54) is 38.2 Å². The van der Waals surface area contributed by atoms with Gasteiger partial charge in [-0.3, -0.25) is 58.0 Å². The molecule has 5 aromatic rings. The van der Waals surface area contributed by atoms with Gasteiger partial charge in [0.05, 0.1) is 54.6 Å². The fourth-order valence-corrected chi connectivity index (χ4v) is 8.40. The summed E-state index contributed by atoms with van der Waals surface area (Å²) in [6.45, 7) is 0.482. The maximum Gasteiger partial charge on any atom is 0.319 e. The number of carbonyl (C=O) groups is 8. The molecule has 0 radical (unpaired) electrons. The minimum atomic E-state index is -0.505. The second-order valence-electron chi connectivity index (χ2n) is 14.8. The highest BCUT2D eigenvalue weighted by molar-refractivity contribution is 6.41.